The Morgan fingerprint density at radius 3 is 1.77 bits per heavy atom. The molecule has 3 heteroatoms. The Labute approximate surface area is 268 Å². The van der Waals surface area contributed by atoms with Crippen LogP contribution in [0.3, 0.4) is 0 Å². The predicted molar refractivity (Wildman–Crippen MR) is 162 cm³/mol. The van der Waals surface area contributed by atoms with Crippen LogP contribution in [0.1, 0.15) is 122 Å². The molecular weight excluding hydrogens is 595 g/mol. The molecule has 1 aliphatic carbocycles. The molecule has 0 spiro atoms. The van der Waals surface area contributed by atoms with Crippen LogP contribution >= 0.6 is 0 Å². The molecule has 0 bridgehead atoms. The molecule has 0 heterocycles. The minimum Gasteiger partial charge on any atom is -1.00 e. The average molecular weight is 645 g/mol. The van der Waals surface area contributed by atoms with Gasteiger partial charge in [-0.15, -0.1) is 5.56 Å². The first-order valence-electron chi connectivity index (χ1n) is 13.8. The van der Waals surface area contributed by atoms with Gasteiger partial charge in [0.1, 0.15) is 0 Å². The van der Waals surface area contributed by atoms with Crippen molar-refractivity contribution in [1.82, 2.24) is 0 Å². The van der Waals surface area contributed by atoms with Crippen LogP contribution in [-0.4, -0.2) is 3.21 Å². The second kappa shape index (κ2) is 14.8. The molecule has 0 N–H and O–H groups in total. The standard InChI is InChI=1S/C21H25.C12H19.C3H6.2ClH.Zr/c1-20(2,3)16-9-7-14-11-15-8-10-17(21(4,5)6)13-19(15)18(14)12-16;1-6-10-7-9(2)8-11(10)12(3,4)5;1-3-2;;;/h7,9-10,12-13H,11H2,1-6H3;7-8H,6H2,1-5H3;1-2H3;2*1H;/q2*-1;;;;+2/p-2. The van der Waals surface area contributed by atoms with Gasteiger partial charge in [-0.05, 0) is 17.4 Å². The summed E-state index contributed by atoms with van der Waals surface area (Å²) in [5.74, 6) is 0. The molecule has 3 aromatic carbocycles. The van der Waals surface area contributed by atoms with E-state index in [2.05, 4.69) is 139 Å². The number of rotatable bonds is 1. The van der Waals surface area contributed by atoms with Gasteiger partial charge < -0.3 is 24.8 Å². The number of hydrogen-bond donors (Lipinski definition) is 0. The smallest absolute Gasteiger partial charge is 1.00 e. The van der Waals surface area contributed by atoms with E-state index < -0.39 is 0 Å². The molecule has 3 aromatic rings. The first kappa shape index (κ1) is 38.1. The van der Waals surface area contributed by atoms with Crippen molar-refractivity contribution in [1.29, 1.82) is 0 Å². The number of benzene rings is 2. The summed E-state index contributed by atoms with van der Waals surface area (Å²) >= 11 is 1.55. The van der Waals surface area contributed by atoms with Crippen molar-refractivity contribution < 1.29 is 49.0 Å². The van der Waals surface area contributed by atoms with Gasteiger partial charge in [0, 0.05) is 0 Å². The normalized spacial score (nSPS) is 12.0. The second-order valence-electron chi connectivity index (χ2n) is 13.9. The fourth-order valence-electron chi connectivity index (χ4n) is 4.69. The Hall–Kier alpha value is -0.877. The van der Waals surface area contributed by atoms with Crippen LogP contribution in [0, 0.1) is 13.0 Å². The van der Waals surface area contributed by atoms with Crippen molar-refractivity contribution in [3.05, 3.63) is 87.5 Å². The Bertz CT molecular complexity index is 1160. The maximum absolute atomic E-state index is 3.53. The zero-order valence-corrected chi connectivity index (χ0v) is 30.7. The van der Waals surface area contributed by atoms with E-state index >= 15 is 0 Å². The summed E-state index contributed by atoms with van der Waals surface area (Å²) in [6.45, 7) is 29.1. The summed E-state index contributed by atoms with van der Waals surface area (Å²) in [7, 11) is 0. The van der Waals surface area contributed by atoms with Gasteiger partial charge in [0.15, 0.2) is 0 Å². The van der Waals surface area contributed by atoms with Gasteiger partial charge in [0.25, 0.3) is 0 Å². The topological polar surface area (TPSA) is 0 Å². The number of hydrogen-bond acceptors (Lipinski definition) is 0. The first-order valence-corrected chi connectivity index (χ1v) is 15.0. The molecule has 0 unspecified atom stereocenters. The summed E-state index contributed by atoms with van der Waals surface area (Å²) in [5, 5.41) is 0. The minimum absolute atomic E-state index is 0. The molecule has 0 amide bonds. The van der Waals surface area contributed by atoms with Gasteiger partial charge in [0.05, 0.1) is 0 Å². The first-order chi connectivity index (χ1) is 16.8. The van der Waals surface area contributed by atoms with Crippen molar-refractivity contribution in [2.24, 2.45) is 0 Å². The van der Waals surface area contributed by atoms with Gasteiger partial charge in [0.2, 0.25) is 0 Å². The fourth-order valence-corrected chi connectivity index (χ4v) is 4.69. The van der Waals surface area contributed by atoms with Crippen LogP contribution in [0.4, 0.5) is 0 Å². The van der Waals surface area contributed by atoms with Gasteiger partial charge in [-0.1, -0.05) is 123 Å². The summed E-state index contributed by atoms with van der Waals surface area (Å²) in [6, 6.07) is 19.7. The molecule has 0 atom stereocenters. The maximum Gasteiger partial charge on any atom is -1.00 e. The van der Waals surface area contributed by atoms with E-state index in [1.165, 1.54) is 53.3 Å². The van der Waals surface area contributed by atoms with E-state index in [1.54, 1.807) is 24.2 Å². The molecule has 1 aliphatic rings. The van der Waals surface area contributed by atoms with Crippen molar-refractivity contribution in [3.8, 4) is 11.1 Å². The summed E-state index contributed by atoms with van der Waals surface area (Å²) < 4.78 is 1.51. The monoisotopic (exact) mass is 642 g/mol. The zero-order chi connectivity index (χ0) is 28.3. The zero-order valence-electron chi connectivity index (χ0n) is 26.7. The summed E-state index contributed by atoms with van der Waals surface area (Å²) in [4.78, 5) is 0. The quantitative estimate of drug-likeness (QED) is 0.275. The van der Waals surface area contributed by atoms with Crippen molar-refractivity contribution in [2.75, 3.05) is 0 Å². The SMILES string of the molecule is CC(C)(C)c1c[c-]c2c(c1)-c1cc(C(C)(C)C)ccc1C2.CCc1[cH-]c(C)cc1C(C)(C)C.C[C](C)=[Zr+2].[Cl-].[Cl-]. The number of halogens is 2. The Balaban J connectivity index is 0.000000687. The van der Waals surface area contributed by atoms with Crippen LogP contribution in [0.25, 0.3) is 11.1 Å². The molecule has 0 aliphatic heterocycles. The van der Waals surface area contributed by atoms with Crippen molar-refractivity contribution in [3.63, 3.8) is 0 Å². The maximum atomic E-state index is 3.53. The van der Waals surface area contributed by atoms with Crippen molar-refractivity contribution in [2.45, 2.75) is 119 Å². The van der Waals surface area contributed by atoms with Crippen LogP contribution in [0.15, 0.2) is 42.5 Å². The average Bonchev–Trinajstić information content (AvgIpc) is 3.31. The third-order valence-corrected chi connectivity index (χ3v) is 6.83. The summed E-state index contributed by atoms with van der Waals surface area (Å²) in [6.07, 6.45) is 2.18. The van der Waals surface area contributed by atoms with E-state index in [0.717, 1.165) is 12.8 Å². The summed E-state index contributed by atoms with van der Waals surface area (Å²) in [5.41, 5.74) is 13.5. The Kier molecular flexibility index (Phi) is 14.5. The molecule has 0 radical (unpaired) electrons. The fraction of sp³-hybridized carbons (Fsp3) is 0.500. The molecule has 0 fully saturated rings. The van der Waals surface area contributed by atoms with Gasteiger partial charge in [-0.25, -0.2) is 6.07 Å². The predicted octanol–water partition coefficient (Wildman–Crippen LogP) is 3.98. The molecular formula is C36H50Cl2Zr-2. The molecule has 214 valence electrons. The van der Waals surface area contributed by atoms with Crippen molar-refractivity contribution >= 4 is 3.21 Å². The molecule has 0 nitrogen and oxygen atoms in total. The van der Waals surface area contributed by atoms with Crippen LogP contribution < -0.4 is 24.8 Å². The third kappa shape index (κ3) is 10.8. The minimum atomic E-state index is 0. The van der Waals surface area contributed by atoms with Gasteiger partial charge in [-0.3, -0.25) is 0 Å². The van der Waals surface area contributed by atoms with E-state index in [-0.39, 0.29) is 35.6 Å². The van der Waals surface area contributed by atoms with Crippen LogP contribution in [0.2, 0.25) is 0 Å². The third-order valence-electron chi connectivity index (χ3n) is 6.83. The van der Waals surface area contributed by atoms with E-state index in [0.29, 0.717) is 5.41 Å². The van der Waals surface area contributed by atoms with Crippen LogP contribution in [0.5, 0.6) is 0 Å². The van der Waals surface area contributed by atoms with Crippen LogP contribution in [-0.2, 0) is 53.3 Å². The molecule has 0 saturated heterocycles. The molecule has 0 saturated carbocycles. The molecule has 0 aromatic heterocycles. The Morgan fingerprint density at radius 2 is 1.33 bits per heavy atom. The van der Waals surface area contributed by atoms with Gasteiger partial charge in [-0.2, -0.15) is 52.1 Å². The molecule has 39 heavy (non-hydrogen) atoms. The largest absolute Gasteiger partial charge is 1.00 e. The Morgan fingerprint density at radius 1 is 0.821 bits per heavy atom. The van der Waals surface area contributed by atoms with E-state index in [4.69, 9.17) is 0 Å². The van der Waals surface area contributed by atoms with E-state index in [1.807, 2.05) is 0 Å². The van der Waals surface area contributed by atoms with Gasteiger partial charge >= 0.3 is 41.3 Å². The molecule has 4 rings (SSSR count). The van der Waals surface area contributed by atoms with E-state index in [9.17, 15) is 0 Å². The second-order valence-corrected chi connectivity index (χ2v) is 16.4. The number of fused-ring (bicyclic) bond motifs is 3. The number of aryl methyl sites for hydroxylation is 2.